The van der Waals surface area contributed by atoms with E-state index in [-0.39, 0.29) is 28.8 Å². The molecule has 1 rings (SSSR count). The van der Waals surface area contributed by atoms with Gasteiger partial charge >= 0.3 is 0 Å². The zero-order chi connectivity index (χ0) is 23.1. The fourth-order valence-corrected chi connectivity index (χ4v) is 4.83. The van der Waals surface area contributed by atoms with Crippen LogP contribution in [0, 0.1) is 29.1 Å². The van der Waals surface area contributed by atoms with Crippen molar-refractivity contribution in [3.8, 4) is 0 Å². The SMILES string of the molecule is CCC(C)C(=O)C1C(=O)C(CC=C(C)C)CC(CC=C(C)C)C1(C)CCC=C(C)C. The predicted molar refractivity (Wildman–Crippen MR) is 129 cm³/mol. The summed E-state index contributed by atoms with van der Waals surface area (Å²) in [5.41, 5.74) is 3.57. The molecular formula is C28H46O2. The van der Waals surface area contributed by atoms with Gasteiger partial charge in [0.1, 0.15) is 11.6 Å². The summed E-state index contributed by atoms with van der Waals surface area (Å²) in [6.07, 6.45) is 12.0. The van der Waals surface area contributed by atoms with Crippen molar-refractivity contribution in [2.24, 2.45) is 29.1 Å². The van der Waals surface area contributed by atoms with Gasteiger partial charge in [-0.1, -0.05) is 55.7 Å². The molecular weight excluding hydrogens is 368 g/mol. The maximum Gasteiger partial charge on any atom is 0.147 e. The molecule has 1 fully saturated rings. The number of hydrogen-bond donors (Lipinski definition) is 0. The van der Waals surface area contributed by atoms with Gasteiger partial charge in [-0.05, 0) is 91.4 Å². The molecule has 0 saturated heterocycles. The molecule has 5 atom stereocenters. The van der Waals surface area contributed by atoms with E-state index < -0.39 is 5.92 Å². The number of carbonyl (C=O) groups is 2. The molecule has 5 unspecified atom stereocenters. The lowest BCUT2D eigenvalue weighted by Crippen LogP contribution is -2.52. The van der Waals surface area contributed by atoms with Gasteiger partial charge in [0, 0.05) is 11.8 Å². The molecule has 2 nitrogen and oxygen atoms in total. The lowest BCUT2D eigenvalue weighted by atomic mass is 9.53. The van der Waals surface area contributed by atoms with Crippen molar-refractivity contribution < 1.29 is 9.59 Å². The molecule has 0 aromatic rings. The minimum Gasteiger partial charge on any atom is -0.299 e. The van der Waals surface area contributed by atoms with E-state index in [0.717, 1.165) is 38.5 Å². The Labute approximate surface area is 186 Å². The minimum absolute atomic E-state index is 0.0370. The van der Waals surface area contributed by atoms with Gasteiger partial charge in [0.15, 0.2) is 0 Å². The molecule has 2 heteroatoms. The molecule has 1 saturated carbocycles. The molecule has 0 aromatic heterocycles. The second-order valence-corrected chi connectivity index (χ2v) is 10.5. The second-order valence-electron chi connectivity index (χ2n) is 10.5. The van der Waals surface area contributed by atoms with Crippen molar-refractivity contribution >= 4 is 11.6 Å². The Kier molecular flexibility index (Phi) is 10.5. The number of carbonyl (C=O) groups excluding carboxylic acids is 2. The van der Waals surface area contributed by atoms with Crippen LogP contribution in [0.15, 0.2) is 34.9 Å². The standard InChI is InChI=1S/C28H46O2/c1-10-22(8)26(29)25-27(30)23(15-13-20(4)5)18-24(16-14-21(6)7)28(25,9)17-11-12-19(2)3/h12-14,22-25H,10-11,15-18H2,1-9H3. The third kappa shape index (κ3) is 7.06. The summed E-state index contributed by atoms with van der Waals surface area (Å²) in [7, 11) is 0. The zero-order valence-electron chi connectivity index (χ0n) is 21.1. The van der Waals surface area contributed by atoms with E-state index in [1.807, 2.05) is 6.92 Å². The highest BCUT2D eigenvalue weighted by Gasteiger charge is 2.53. The fraction of sp³-hybridized carbons (Fsp3) is 0.714. The molecule has 30 heavy (non-hydrogen) atoms. The lowest BCUT2D eigenvalue weighted by Gasteiger charge is -2.49. The van der Waals surface area contributed by atoms with Crippen LogP contribution in [0.3, 0.4) is 0 Å². The topological polar surface area (TPSA) is 34.1 Å². The molecule has 1 aliphatic rings. The van der Waals surface area contributed by atoms with E-state index in [1.54, 1.807) is 0 Å². The summed E-state index contributed by atoms with van der Waals surface area (Å²) in [5.74, 6) is 0.150. The number of Topliss-reactive ketones (excluding diaryl/α,β-unsaturated/α-hetero) is 2. The van der Waals surface area contributed by atoms with Crippen LogP contribution in [0.5, 0.6) is 0 Å². The number of allylic oxidation sites excluding steroid dienone is 6. The Balaban J connectivity index is 3.45. The minimum atomic E-state index is -0.474. The highest BCUT2D eigenvalue weighted by atomic mass is 16.2. The van der Waals surface area contributed by atoms with Crippen LogP contribution in [0.1, 0.15) is 101 Å². The normalized spacial score (nSPS) is 27.2. The van der Waals surface area contributed by atoms with Crippen molar-refractivity contribution in [3.63, 3.8) is 0 Å². The van der Waals surface area contributed by atoms with Gasteiger partial charge in [-0.3, -0.25) is 9.59 Å². The monoisotopic (exact) mass is 414 g/mol. The molecule has 0 aromatic carbocycles. The van der Waals surface area contributed by atoms with Gasteiger partial charge < -0.3 is 0 Å². The summed E-state index contributed by atoms with van der Waals surface area (Å²) in [4.78, 5) is 27.3. The number of rotatable bonds is 10. The third-order valence-corrected chi connectivity index (χ3v) is 7.09. The molecule has 0 radical (unpaired) electrons. The fourth-order valence-electron chi connectivity index (χ4n) is 4.83. The first-order valence-electron chi connectivity index (χ1n) is 11.9. The first-order valence-corrected chi connectivity index (χ1v) is 11.9. The van der Waals surface area contributed by atoms with Crippen LogP contribution in [-0.4, -0.2) is 11.6 Å². The van der Waals surface area contributed by atoms with Crippen molar-refractivity contribution in [3.05, 3.63) is 34.9 Å². The van der Waals surface area contributed by atoms with E-state index in [0.29, 0.717) is 5.92 Å². The van der Waals surface area contributed by atoms with Crippen LogP contribution < -0.4 is 0 Å². The Morgan fingerprint density at radius 3 is 2.03 bits per heavy atom. The number of hydrogen-bond acceptors (Lipinski definition) is 2. The van der Waals surface area contributed by atoms with Crippen LogP contribution in [0.2, 0.25) is 0 Å². The average molecular weight is 415 g/mol. The first-order chi connectivity index (χ1) is 13.9. The van der Waals surface area contributed by atoms with Gasteiger partial charge in [-0.25, -0.2) is 0 Å². The molecule has 0 spiro atoms. The van der Waals surface area contributed by atoms with E-state index in [4.69, 9.17) is 0 Å². The van der Waals surface area contributed by atoms with E-state index in [2.05, 4.69) is 73.6 Å². The van der Waals surface area contributed by atoms with Crippen molar-refractivity contribution in [2.75, 3.05) is 0 Å². The van der Waals surface area contributed by atoms with E-state index in [1.165, 1.54) is 16.7 Å². The maximum atomic E-state index is 13.7. The Morgan fingerprint density at radius 2 is 1.53 bits per heavy atom. The average Bonchev–Trinajstić information content (AvgIpc) is 2.65. The highest BCUT2D eigenvalue weighted by molar-refractivity contribution is 6.05. The van der Waals surface area contributed by atoms with Crippen LogP contribution in [0.25, 0.3) is 0 Å². The third-order valence-electron chi connectivity index (χ3n) is 7.09. The van der Waals surface area contributed by atoms with Gasteiger partial charge in [-0.15, -0.1) is 0 Å². The van der Waals surface area contributed by atoms with E-state index >= 15 is 0 Å². The summed E-state index contributed by atoms with van der Waals surface area (Å²) in [6, 6.07) is 0. The maximum absolute atomic E-state index is 13.7. The predicted octanol–water partition coefficient (Wildman–Crippen LogP) is 7.89. The zero-order valence-corrected chi connectivity index (χ0v) is 21.1. The smallest absolute Gasteiger partial charge is 0.147 e. The van der Waals surface area contributed by atoms with Crippen LogP contribution in [0.4, 0.5) is 0 Å². The number of ketones is 2. The molecule has 0 aliphatic heterocycles. The Morgan fingerprint density at radius 1 is 1.00 bits per heavy atom. The second kappa shape index (κ2) is 11.8. The molecule has 170 valence electrons. The largest absolute Gasteiger partial charge is 0.299 e. The summed E-state index contributed by atoms with van der Waals surface area (Å²) >= 11 is 0. The van der Waals surface area contributed by atoms with Gasteiger partial charge in [0.25, 0.3) is 0 Å². The van der Waals surface area contributed by atoms with Crippen molar-refractivity contribution in [1.29, 1.82) is 0 Å². The van der Waals surface area contributed by atoms with Crippen LogP contribution in [-0.2, 0) is 9.59 Å². The quantitative estimate of drug-likeness (QED) is 0.269. The Bertz CT molecular complexity index is 681. The molecule has 0 bridgehead atoms. The van der Waals surface area contributed by atoms with Crippen LogP contribution >= 0.6 is 0 Å². The summed E-state index contributed by atoms with van der Waals surface area (Å²) in [5, 5.41) is 0. The van der Waals surface area contributed by atoms with Gasteiger partial charge in [-0.2, -0.15) is 0 Å². The van der Waals surface area contributed by atoms with Crippen molar-refractivity contribution in [2.45, 2.75) is 101 Å². The lowest BCUT2D eigenvalue weighted by molar-refractivity contribution is -0.151. The Hall–Kier alpha value is -1.44. The molecule has 0 N–H and O–H groups in total. The molecule has 0 heterocycles. The molecule has 1 aliphatic carbocycles. The van der Waals surface area contributed by atoms with Gasteiger partial charge in [0.05, 0.1) is 5.92 Å². The molecule has 0 amide bonds. The first kappa shape index (κ1) is 26.6. The summed E-state index contributed by atoms with van der Waals surface area (Å²) in [6.45, 7) is 19.0. The van der Waals surface area contributed by atoms with E-state index in [9.17, 15) is 9.59 Å². The van der Waals surface area contributed by atoms with Crippen molar-refractivity contribution in [1.82, 2.24) is 0 Å². The highest BCUT2D eigenvalue weighted by Crippen LogP contribution is 2.52. The van der Waals surface area contributed by atoms with Gasteiger partial charge in [0.2, 0.25) is 0 Å². The summed E-state index contributed by atoms with van der Waals surface area (Å²) < 4.78 is 0.